The van der Waals surface area contributed by atoms with Gasteiger partial charge >= 0.3 is 0 Å². The van der Waals surface area contributed by atoms with Crippen molar-refractivity contribution in [3.05, 3.63) is 82.0 Å². The summed E-state index contributed by atoms with van der Waals surface area (Å²) in [5.41, 5.74) is 3.35. The maximum Gasteiger partial charge on any atom is 0.252 e. The number of carbonyl (C=O) groups is 2. The summed E-state index contributed by atoms with van der Waals surface area (Å²) in [6, 6.07) is 17.3. The van der Waals surface area contributed by atoms with Crippen LogP contribution in [0.5, 0.6) is 5.75 Å². The highest BCUT2D eigenvalue weighted by Crippen LogP contribution is 2.25. The molecular formula is C21H20N2O3S. The van der Waals surface area contributed by atoms with Gasteiger partial charge in [-0.3, -0.25) is 9.59 Å². The van der Waals surface area contributed by atoms with Gasteiger partial charge in [0.25, 0.3) is 5.91 Å². The molecule has 0 aliphatic carbocycles. The summed E-state index contributed by atoms with van der Waals surface area (Å²) < 4.78 is 5.43. The molecule has 2 amide bonds. The molecule has 0 aliphatic rings. The van der Waals surface area contributed by atoms with Gasteiger partial charge in [0.05, 0.1) is 13.7 Å². The molecule has 0 radical (unpaired) electrons. The van der Waals surface area contributed by atoms with E-state index in [4.69, 9.17) is 4.74 Å². The summed E-state index contributed by atoms with van der Waals surface area (Å²) in [7, 11) is 1.63. The van der Waals surface area contributed by atoms with Crippen molar-refractivity contribution in [1.82, 2.24) is 5.32 Å². The second-order valence-corrected chi connectivity index (χ2v) is 6.71. The zero-order valence-electron chi connectivity index (χ0n) is 14.9. The van der Waals surface area contributed by atoms with Gasteiger partial charge in [0.15, 0.2) is 0 Å². The summed E-state index contributed by atoms with van der Waals surface area (Å²) in [6.45, 7) is -0.0886. The smallest absolute Gasteiger partial charge is 0.252 e. The Hall–Kier alpha value is -3.12. The molecule has 138 valence electrons. The predicted octanol–water partition coefficient (Wildman–Crippen LogP) is 3.72. The van der Waals surface area contributed by atoms with Crippen molar-refractivity contribution >= 4 is 28.8 Å². The summed E-state index contributed by atoms with van der Waals surface area (Å²) >= 11 is 1.44. The van der Waals surface area contributed by atoms with Gasteiger partial charge in [-0.2, -0.15) is 11.3 Å². The largest absolute Gasteiger partial charge is 0.496 e. The van der Waals surface area contributed by atoms with E-state index in [9.17, 15) is 9.59 Å². The molecule has 0 spiro atoms. The third-order valence-electron chi connectivity index (χ3n) is 3.99. The minimum absolute atomic E-state index is 0.0886. The zero-order valence-corrected chi connectivity index (χ0v) is 15.7. The third kappa shape index (κ3) is 5.18. The molecule has 0 unspecified atom stereocenters. The molecule has 0 fully saturated rings. The van der Waals surface area contributed by atoms with E-state index >= 15 is 0 Å². The van der Waals surface area contributed by atoms with Gasteiger partial charge in [-0.15, -0.1) is 0 Å². The van der Waals surface area contributed by atoms with Crippen LogP contribution in [0, 0.1) is 0 Å². The Bertz CT molecular complexity index is 908. The predicted molar refractivity (Wildman–Crippen MR) is 108 cm³/mol. The Labute approximate surface area is 162 Å². The minimum Gasteiger partial charge on any atom is -0.496 e. The van der Waals surface area contributed by atoms with Crippen molar-refractivity contribution in [3.63, 3.8) is 0 Å². The van der Waals surface area contributed by atoms with Crippen molar-refractivity contribution in [2.45, 2.75) is 6.42 Å². The highest BCUT2D eigenvalue weighted by molar-refractivity contribution is 7.08. The number of ether oxygens (including phenoxy) is 1. The van der Waals surface area contributed by atoms with Crippen LogP contribution in [-0.4, -0.2) is 25.5 Å². The van der Waals surface area contributed by atoms with Crippen LogP contribution in [0.3, 0.4) is 0 Å². The fourth-order valence-corrected chi connectivity index (χ4v) is 3.31. The minimum atomic E-state index is -0.283. The fourth-order valence-electron chi connectivity index (χ4n) is 2.67. The normalized spacial score (nSPS) is 10.3. The van der Waals surface area contributed by atoms with Crippen LogP contribution in [0.4, 0.5) is 5.69 Å². The van der Waals surface area contributed by atoms with E-state index in [0.29, 0.717) is 17.7 Å². The molecule has 0 aliphatic heterocycles. The molecule has 0 saturated carbocycles. The molecule has 1 heterocycles. The van der Waals surface area contributed by atoms with E-state index in [2.05, 4.69) is 10.6 Å². The van der Waals surface area contributed by atoms with Gasteiger partial charge in [0.1, 0.15) is 5.75 Å². The number of carbonyl (C=O) groups excluding carboxylic acids is 2. The second kappa shape index (κ2) is 9.00. The molecule has 3 aromatic rings. The number of hydrogen-bond acceptors (Lipinski definition) is 4. The number of methoxy groups -OCH3 is 1. The van der Waals surface area contributed by atoms with Crippen molar-refractivity contribution in [1.29, 1.82) is 0 Å². The first-order chi connectivity index (χ1) is 13.2. The number of amides is 2. The van der Waals surface area contributed by atoms with Gasteiger partial charge < -0.3 is 15.4 Å². The Balaban J connectivity index is 1.63. The molecule has 0 atom stereocenters. The molecule has 6 heteroatoms. The second-order valence-electron chi connectivity index (χ2n) is 5.93. The van der Waals surface area contributed by atoms with E-state index in [0.717, 1.165) is 16.9 Å². The fraction of sp³-hybridized carbons (Fsp3) is 0.143. The molecule has 1 aromatic heterocycles. The van der Waals surface area contributed by atoms with Gasteiger partial charge in [-0.25, -0.2) is 0 Å². The number of anilines is 1. The maximum atomic E-state index is 12.2. The first kappa shape index (κ1) is 18.7. The average molecular weight is 380 g/mol. The lowest BCUT2D eigenvalue weighted by molar-refractivity contribution is -0.115. The number of rotatable bonds is 7. The SMILES string of the molecule is COc1ccc(NC(=O)CNC(=O)c2ccsc2)cc1Cc1ccccc1. The molecule has 0 saturated heterocycles. The van der Waals surface area contributed by atoms with Crippen molar-refractivity contribution in [2.75, 3.05) is 19.0 Å². The van der Waals surface area contributed by atoms with Gasteiger partial charge in [-0.05, 0) is 35.2 Å². The molecule has 2 N–H and O–H groups in total. The Morgan fingerprint density at radius 3 is 2.59 bits per heavy atom. The molecule has 5 nitrogen and oxygen atoms in total. The van der Waals surface area contributed by atoms with E-state index < -0.39 is 0 Å². The lowest BCUT2D eigenvalue weighted by Crippen LogP contribution is -2.32. The first-order valence-corrected chi connectivity index (χ1v) is 9.41. The van der Waals surface area contributed by atoms with Crippen LogP contribution in [0.25, 0.3) is 0 Å². The van der Waals surface area contributed by atoms with Crippen LogP contribution >= 0.6 is 11.3 Å². The van der Waals surface area contributed by atoms with Crippen LogP contribution < -0.4 is 15.4 Å². The topological polar surface area (TPSA) is 67.4 Å². The molecule has 3 rings (SSSR count). The third-order valence-corrected chi connectivity index (χ3v) is 4.68. The lowest BCUT2D eigenvalue weighted by Gasteiger charge is -2.12. The van der Waals surface area contributed by atoms with Gasteiger partial charge in [0, 0.05) is 28.6 Å². The van der Waals surface area contributed by atoms with Crippen LogP contribution in [0.1, 0.15) is 21.5 Å². The van der Waals surface area contributed by atoms with E-state index in [-0.39, 0.29) is 18.4 Å². The lowest BCUT2D eigenvalue weighted by atomic mass is 10.0. The molecule has 27 heavy (non-hydrogen) atoms. The van der Waals surface area contributed by atoms with Crippen molar-refractivity contribution in [2.24, 2.45) is 0 Å². The summed E-state index contributed by atoms with van der Waals surface area (Å²) in [6.07, 6.45) is 0.697. The van der Waals surface area contributed by atoms with E-state index in [1.54, 1.807) is 24.6 Å². The Morgan fingerprint density at radius 2 is 1.89 bits per heavy atom. The highest BCUT2D eigenvalue weighted by Gasteiger charge is 2.10. The van der Waals surface area contributed by atoms with Crippen molar-refractivity contribution in [3.8, 4) is 5.75 Å². The Kier molecular flexibility index (Phi) is 6.22. The van der Waals surface area contributed by atoms with Gasteiger partial charge in [0.2, 0.25) is 5.91 Å². The van der Waals surface area contributed by atoms with E-state index in [1.165, 1.54) is 11.3 Å². The number of hydrogen-bond donors (Lipinski definition) is 2. The van der Waals surface area contributed by atoms with E-state index in [1.807, 2.05) is 47.8 Å². The van der Waals surface area contributed by atoms with Gasteiger partial charge in [-0.1, -0.05) is 30.3 Å². The quantitative estimate of drug-likeness (QED) is 0.656. The van der Waals surface area contributed by atoms with Crippen LogP contribution in [0.15, 0.2) is 65.4 Å². The summed E-state index contributed by atoms with van der Waals surface area (Å²) in [5, 5.41) is 8.99. The number of benzene rings is 2. The first-order valence-electron chi connectivity index (χ1n) is 8.47. The zero-order chi connectivity index (χ0) is 19.1. The standard InChI is InChI=1S/C21H20N2O3S/c1-26-19-8-7-18(12-17(19)11-15-5-3-2-4-6-15)23-20(24)13-22-21(25)16-9-10-27-14-16/h2-10,12,14H,11,13H2,1H3,(H,22,25)(H,23,24). The molecule has 0 bridgehead atoms. The maximum absolute atomic E-state index is 12.2. The Morgan fingerprint density at radius 1 is 1.07 bits per heavy atom. The summed E-state index contributed by atoms with van der Waals surface area (Å²) in [4.78, 5) is 24.1. The van der Waals surface area contributed by atoms with Crippen LogP contribution in [-0.2, 0) is 11.2 Å². The monoisotopic (exact) mass is 380 g/mol. The number of nitrogens with one attached hydrogen (secondary N) is 2. The van der Waals surface area contributed by atoms with Crippen molar-refractivity contribution < 1.29 is 14.3 Å². The van der Waals surface area contributed by atoms with Crippen LogP contribution in [0.2, 0.25) is 0 Å². The molecular weight excluding hydrogens is 360 g/mol. The summed E-state index contributed by atoms with van der Waals surface area (Å²) in [5.74, 6) is 0.225. The average Bonchev–Trinajstić information content (AvgIpc) is 3.22. The molecule has 2 aromatic carbocycles. The number of thiophene rings is 1. The highest BCUT2D eigenvalue weighted by atomic mass is 32.1.